The third-order valence-corrected chi connectivity index (χ3v) is 5.49. The van der Waals surface area contributed by atoms with Crippen LogP contribution in [-0.4, -0.2) is 33.3 Å². The summed E-state index contributed by atoms with van der Waals surface area (Å²) in [6.07, 6.45) is 6.39. The molecule has 1 fully saturated rings. The van der Waals surface area contributed by atoms with Gasteiger partial charge in [-0.05, 0) is 38.0 Å². The summed E-state index contributed by atoms with van der Waals surface area (Å²) in [6.45, 7) is 4.86. The third kappa shape index (κ3) is 8.41. The number of carbonyl (C=O) groups is 1. The van der Waals surface area contributed by atoms with Crippen molar-refractivity contribution in [3.8, 4) is 0 Å². The van der Waals surface area contributed by atoms with E-state index in [2.05, 4.69) is 11.6 Å². The molecule has 0 aromatic heterocycles. The monoisotopic (exact) mass is 319 g/mol. The molecule has 0 aromatic carbocycles. The molecule has 6 heteroatoms. The van der Waals surface area contributed by atoms with E-state index in [-0.39, 0.29) is 18.1 Å². The molecule has 0 amide bonds. The highest BCUT2D eigenvalue weighted by Crippen LogP contribution is 2.30. The van der Waals surface area contributed by atoms with E-state index >= 15 is 0 Å². The number of esters is 1. The molecule has 2 unspecified atom stereocenters. The Balaban J connectivity index is 2.16. The minimum atomic E-state index is -3.26. The van der Waals surface area contributed by atoms with Crippen LogP contribution in [0.5, 0.6) is 0 Å². The van der Waals surface area contributed by atoms with Gasteiger partial charge < -0.3 is 4.74 Å². The maximum atomic E-state index is 11.8. The van der Waals surface area contributed by atoms with Crippen LogP contribution < -0.4 is 4.72 Å². The van der Waals surface area contributed by atoms with Crippen molar-refractivity contribution in [3.05, 3.63) is 0 Å². The predicted molar refractivity (Wildman–Crippen MR) is 83.4 cm³/mol. The van der Waals surface area contributed by atoms with Gasteiger partial charge in [0.2, 0.25) is 10.0 Å². The molecule has 21 heavy (non-hydrogen) atoms. The Kier molecular flexibility index (Phi) is 8.26. The average Bonchev–Trinajstić information content (AvgIpc) is 2.38. The van der Waals surface area contributed by atoms with E-state index in [0.29, 0.717) is 25.5 Å². The summed E-state index contributed by atoms with van der Waals surface area (Å²) in [5.41, 5.74) is 0. The molecule has 0 heterocycles. The number of nitrogens with one attached hydrogen (secondary N) is 1. The van der Waals surface area contributed by atoms with Crippen LogP contribution in [0.3, 0.4) is 0 Å². The Labute approximate surface area is 128 Å². The van der Waals surface area contributed by atoms with Gasteiger partial charge in [0.1, 0.15) is 0 Å². The summed E-state index contributed by atoms with van der Waals surface area (Å²) in [7, 11) is -3.26. The molecule has 0 aromatic rings. The smallest absolute Gasteiger partial charge is 0.305 e. The molecular formula is C15H29NO4S. The largest absolute Gasteiger partial charge is 0.466 e. The Bertz CT molecular complexity index is 408. The van der Waals surface area contributed by atoms with Crippen molar-refractivity contribution in [1.82, 2.24) is 4.72 Å². The first-order chi connectivity index (χ1) is 9.93. The summed E-state index contributed by atoms with van der Waals surface area (Å²) in [4.78, 5) is 11.1. The summed E-state index contributed by atoms with van der Waals surface area (Å²) in [6, 6.07) is 0. The van der Waals surface area contributed by atoms with Crippen LogP contribution in [0, 0.1) is 11.8 Å². The minimum Gasteiger partial charge on any atom is -0.466 e. The highest BCUT2D eigenvalue weighted by Gasteiger charge is 2.19. The summed E-state index contributed by atoms with van der Waals surface area (Å²) < 4.78 is 31.0. The summed E-state index contributed by atoms with van der Waals surface area (Å²) in [5.74, 6) is 1.08. The van der Waals surface area contributed by atoms with Gasteiger partial charge in [-0.1, -0.05) is 26.2 Å². The van der Waals surface area contributed by atoms with E-state index < -0.39 is 10.0 Å². The fraction of sp³-hybridized carbons (Fsp3) is 0.933. The summed E-state index contributed by atoms with van der Waals surface area (Å²) in [5, 5.41) is 0. The maximum absolute atomic E-state index is 11.8. The SMILES string of the molecule is CCOC(=O)CCCS(=O)(=O)NCCC1CCCC(C)C1. The molecule has 1 rings (SSSR count). The van der Waals surface area contributed by atoms with Gasteiger partial charge in [0.05, 0.1) is 12.4 Å². The van der Waals surface area contributed by atoms with Crippen LogP contribution in [0.4, 0.5) is 0 Å². The van der Waals surface area contributed by atoms with Crippen molar-refractivity contribution in [2.75, 3.05) is 18.9 Å². The van der Waals surface area contributed by atoms with Crippen LogP contribution in [-0.2, 0) is 19.6 Å². The summed E-state index contributed by atoms with van der Waals surface area (Å²) >= 11 is 0. The number of rotatable bonds is 9. The van der Waals surface area contributed by atoms with Crippen molar-refractivity contribution in [3.63, 3.8) is 0 Å². The molecule has 0 aliphatic heterocycles. The molecule has 0 radical (unpaired) electrons. The standard InChI is InChI=1S/C15H29NO4S/c1-3-20-15(17)8-5-11-21(18,19)16-10-9-14-7-4-6-13(2)12-14/h13-14,16H,3-12H2,1-2H3. The van der Waals surface area contributed by atoms with E-state index in [4.69, 9.17) is 4.74 Å². The zero-order chi connectivity index (χ0) is 15.7. The first-order valence-corrected chi connectivity index (χ1v) is 9.71. The number of hydrogen-bond donors (Lipinski definition) is 1. The second kappa shape index (κ2) is 9.41. The molecule has 124 valence electrons. The van der Waals surface area contributed by atoms with Gasteiger partial charge >= 0.3 is 5.97 Å². The second-order valence-electron chi connectivity index (χ2n) is 6.05. The van der Waals surface area contributed by atoms with Gasteiger partial charge in [0.25, 0.3) is 0 Å². The lowest BCUT2D eigenvalue weighted by Gasteiger charge is -2.26. The van der Waals surface area contributed by atoms with Gasteiger partial charge in [-0.3, -0.25) is 4.79 Å². The molecule has 1 N–H and O–H groups in total. The fourth-order valence-electron chi connectivity index (χ4n) is 2.95. The zero-order valence-electron chi connectivity index (χ0n) is 13.3. The van der Waals surface area contributed by atoms with Crippen molar-refractivity contribution >= 4 is 16.0 Å². The maximum Gasteiger partial charge on any atom is 0.305 e. The molecule has 1 aliphatic carbocycles. The van der Waals surface area contributed by atoms with Crippen molar-refractivity contribution in [2.24, 2.45) is 11.8 Å². The van der Waals surface area contributed by atoms with E-state index in [1.54, 1.807) is 6.92 Å². The lowest BCUT2D eigenvalue weighted by atomic mass is 9.81. The lowest BCUT2D eigenvalue weighted by Crippen LogP contribution is -2.29. The Morgan fingerprint density at radius 3 is 2.76 bits per heavy atom. The highest BCUT2D eigenvalue weighted by atomic mass is 32.2. The molecule has 0 bridgehead atoms. The molecule has 1 saturated carbocycles. The van der Waals surface area contributed by atoms with Crippen LogP contribution >= 0.6 is 0 Å². The van der Waals surface area contributed by atoms with E-state index in [1.165, 1.54) is 25.7 Å². The second-order valence-corrected chi connectivity index (χ2v) is 7.97. The first kappa shape index (κ1) is 18.4. The molecule has 0 spiro atoms. The average molecular weight is 319 g/mol. The Morgan fingerprint density at radius 2 is 2.10 bits per heavy atom. The number of sulfonamides is 1. The highest BCUT2D eigenvalue weighted by molar-refractivity contribution is 7.89. The van der Waals surface area contributed by atoms with Crippen molar-refractivity contribution in [1.29, 1.82) is 0 Å². The molecule has 5 nitrogen and oxygen atoms in total. The number of carbonyl (C=O) groups excluding carboxylic acids is 1. The van der Waals surface area contributed by atoms with Gasteiger partial charge in [0.15, 0.2) is 0 Å². The van der Waals surface area contributed by atoms with Crippen molar-refractivity contribution < 1.29 is 17.9 Å². The van der Waals surface area contributed by atoms with Gasteiger partial charge in [-0.2, -0.15) is 0 Å². The molecule has 0 saturated heterocycles. The van der Waals surface area contributed by atoms with Crippen molar-refractivity contribution in [2.45, 2.75) is 58.8 Å². The lowest BCUT2D eigenvalue weighted by molar-refractivity contribution is -0.143. The van der Waals surface area contributed by atoms with Gasteiger partial charge in [0, 0.05) is 13.0 Å². The molecule has 2 atom stereocenters. The van der Waals surface area contributed by atoms with Crippen LogP contribution in [0.2, 0.25) is 0 Å². The number of ether oxygens (including phenoxy) is 1. The van der Waals surface area contributed by atoms with E-state index in [1.807, 2.05) is 0 Å². The first-order valence-electron chi connectivity index (χ1n) is 8.06. The van der Waals surface area contributed by atoms with Gasteiger partial charge in [-0.25, -0.2) is 13.1 Å². The molecular weight excluding hydrogens is 290 g/mol. The van der Waals surface area contributed by atoms with E-state index in [9.17, 15) is 13.2 Å². The minimum absolute atomic E-state index is 0.00706. The van der Waals surface area contributed by atoms with E-state index in [0.717, 1.165) is 12.3 Å². The predicted octanol–water partition coefficient (Wildman–Crippen LogP) is 2.47. The Morgan fingerprint density at radius 1 is 1.33 bits per heavy atom. The topological polar surface area (TPSA) is 72.5 Å². The normalized spacial score (nSPS) is 23.0. The quantitative estimate of drug-likeness (QED) is 0.663. The van der Waals surface area contributed by atoms with Gasteiger partial charge in [-0.15, -0.1) is 0 Å². The number of hydrogen-bond acceptors (Lipinski definition) is 4. The van der Waals surface area contributed by atoms with Crippen LogP contribution in [0.1, 0.15) is 58.8 Å². The van der Waals surface area contributed by atoms with Crippen LogP contribution in [0.25, 0.3) is 0 Å². The third-order valence-electron chi connectivity index (χ3n) is 4.02. The Hall–Kier alpha value is -0.620. The fourth-order valence-corrected chi connectivity index (χ4v) is 4.05. The molecule has 1 aliphatic rings. The zero-order valence-corrected chi connectivity index (χ0v) is 14.1. The van der Waals surface area contributed by atoms with Crippen LogP contribution in [0.15, 0.2) is 0 Å².